The molecule has 4 bridgehead atoms. The van der Waals surface area contributed by atoms with Crippen molar-refractivity contribution in [2.45, 2.75) is 50.1 Å². The predicted molar refractivity (Wildman–Crippen MR) is 145 cm³/mol. The van der Waals surface area contributed by atoms with Crippen LogP contribution in [0.15, 0.2) is 60.8 Å². The maximum Gasteiger partial charge on any atom is 0.418 e. The van der Waals surface area contributed by atoms with E-state index in [2.05, 4.69) is 17.1 Å². The van der Waals surface area contributed by atoms with Gasteiger partial charge in [-0.25, -0.2) is 9.78 Å². The number of carboxylic acids is 1. The average molecular weight is 536 g/mol. The van der Waals surface area contributed by atoms with Gasteiger partial charge in [-0.05, 0) is 110 Å². The smallest absolute Gasteiger partial charge is 0.418 e. The molecule has 0 spiro atoms. The number of hydrogen-bond acceptors (Lipinski definition) is 4. The second-order valence-corrected chi connectivity index (χ2v) is 11.7. The van der Waals surface area contributed by atoms with E-state index in [9.17, 15) is 23.1 Å². The van der Waals surface area contributed by atoms with Crippen molar-refractivity contribution >= 4 is 28.8 Å². The monoisotopic (exact) mass is 535 g/mol. The van der Waals surface area contributed by atoms with Crippen molar-refractivity contribution in [2.75, 3.05) is 23.9 Å². The van der Waals surface area contributed by atoms with E-state index in [1.54, 1.807) is 18.0 Å². The number of aromatic carboxylic acids is 1. The Morgan fingerprint density at radius 3 is 2.05 bits per heavy atom. The first-order valence-electron chi connectivity index (χ1n) is 13.5. The van der Waals surface area contributed by atoms with E-state index in [0.717, 1.165) is 23.8 Å². The van der Waals surface area contributed by atoms with Crippen LogP contribution in [0.1, 0.15) is 60.0 Å². The molecule has 0 atom stereocenters. The summed E-state index contributed by atoms with van der Waals surface area (Å²) in [5, 5.41) is 9.50. The van der Waals surface area contributed by atoms with Crippen molar-refractivity contribution in [1.29, 1.82) is 0 Å². The molecule has 1 N–H and O–H groups in total. The molecule has 4 saturated carbocycles. The van der Waals surface area contributed by atoms with Gasteiger partial charge in [0.15, 0.2) is 0 Å². The molecule has 204 valence electrons. The zero-order valence-corrected chi connectivity index (χ0v) is 22.1. The summed E-state index contributed by atoms with van der Waals surface area (Å²) in [6, 6.07) is 15.1. The highest BCUT2D eigenvalue weighted by Gasteiger charge is 2.51. The molecule has 2 aromatic carbocycles. The third-order valence-electron chi connectivity index (χ3n) is 9.27. The number of rotatable bonds is 6. The Morgan fingerprint density at radius 2 is 1.49 bits per heavy atom. The summed E-state index contributed by atoms with van der Waals surface area (Å²) in [5.74, 6) is 1.33. The van der Waals surface area contributed by atoms with Gasteiger partial charge < -0.3 is 14.9 Å². The Morgan fingerprint density at radius 1 is 0.897 bits per heavy atom. The first-order valence-corrected chi connectivity index (χ1v) is 13.5. The maximum absolute atomic E-state index is 14.3. The van der Waals surface area contributed by atoms with Gasteiger partial charge in [-0.15, -0.1) is 0 Å². The van der Waals surface area contributed by atoms with Gasteiger partial charge in [0.05, 0.1) is 11.3 Å². The Balaban J connectivity index is 1.30. The van der Waals surface area contributed by atoms with E-state index >= 15 is 0 Å². The summed E-state index contributed by atoms with van der Waals surface area (Å²) >= 11 is 0. The largest absolute Gasteiger partial charge is 0.478 e. The maximum atomic E-state index is 14.3. The standard InChI is InChI=1S/C31H32F3N3O2/c1-36(23-7-5-22(6-8-23)30-16-19-12-20(17-30)14-21(13-19)18-30)27-10-9-24(15-26(27)31(32,33)34)37(2)28-25(29(38)39)4-3-11-35-28/h3-11,15,19-21H,12-14,16-18H2,1-2H3,(H,38,39). The molecule has 1 heterocycles. The Labute approximate surface area is 226 Å². The van der Waals surface area contributed by atoms with Crippen LogP contribution in [0.25, 0.3) is 0 Å². The van der Waals surface area contributed by atoms with Gasteiger partial charge in [0.1, 0.15) is 11.4 Å². The van der Waals surface area contributed by atoms with E-state index in [4.69, 9.17) is 0 Å². The Bertz CT molecular complexity index is 1370. The first kappa shape index (κ1) is 25.7. The van der Waals surface area contributed by atoms with Gasteiger partial charge in [0, 0.05) is 31.7 Å². The average Bonchev–Trinajstić information content (AvgIpc) is 2.91. The molecule has 4 aliphatic rings. The highest BCUT2D eigenvalue weighted by molar-refractivity contribution is 5.94. The molecule has 3 aromatic rings. The van der Waals surface area contributed by atoms with E-state index in [1.165, 1.54) is 80.4 Å². The highest BCUT2D eigenvalue weighted by Crippen LogP contribution is 2.60. The molecule has 4 fully saturated rings. The number of aromatic nitrogens is 1. The zero-order chi connectivity index (χ0) is 27.5. The van der Waals surface area contributed by atoms with Crippen molar-refractivity contribution < 1.29 is 23.1 Å². The molecule has 8 heteroatoms. The quantitative estimate of drug-likeness (QED) is 0.349. The molecule has 4 aliphatic carbocycles. The molecule has 39 heavy (non-hydrogen) atoms. The lowest BCUT2D eigenvalue weighted by atomic mass is 9.48. The van der Waals surface area contributed by atoms with Crippen molar-refractivity contribution in [2.24, 2.45) is 17.8 Å². The number of alkyl halides is 3. The third-order valence-corrected chi connectivity index (χ3v) is 9.27. The summed E-state index contributed by atoms with van der Waals surface area (Å²) < 4.78 is 42.9. The summed E-state index contributed by atoms with van der Waals surface area (Å²) in [4.78, 5) is 18.7. The number of benzene rings is 2. The summed E-state index contributed by atoms with van der Waals surface area (Å²) in [6.07, 6.45) is 4.61. The number of carbonyl (C=O) groups is 1. The van der Waals surface area contributed by atoms with Gasteiger partial charge in [-0.2, -0.15) is 13.2 Å². The van der Waals surface area contributed by atoms with Crippen LogP contribution in [0.5, 0.6) is 0 Å². The molecule has 7 rings (SSSR count). The van der Waals surface area contributed by atoms with E-state index < -0.39 is 17.7 Å². The SMILES string of the molecule is CN(c1ccc(C23CC4CC(CC(C4)C2)C3)cc1)c1ccc(N(C)c2ncccc2C(=O)O)cc1C(F)(F)F. The van der Waals surface area contributed by atoms with Crippen LogP contribution in [0.2, 0.25) is 0 Å². The van der Waals surface area contributed by atoms with E-state index in [0.29, 0.717) is 5.69 Å². The molecule has 0 radical (unpaired) electrons. The van der Waals surface area contributed by atoms with Crippen LogP contribution < -0.4 is 9.80 Å². The normalized spacial score (nSPS) is 25.5. The fourth-order valence-corrected chi connectivity index (χ4v) is 7.85. The molecule has 1 aromatic heterocycles. The minimum atomic E-state index is -4.61. The highest BCUT2D eigenvalue weighted by atomic mass is 19.4. The molecule has 5 nitrogen and oxygen atoms in total. The predicted octanol–water partition coefficient (Wildman–Crippen LogP) is 7.80. The van der Waals surface area contributed by atoms with E-state index in [1.807, 2.05) is 12.1 Å². The number of hydrogen-bond donors (Lipinski definition) is 1. The number of nitrogens with zero attached hydrogens (tertiary/aromatic N) is 3. The van der Waals surface area contributed by atoms with Crippen LogP contribution >= 0.6 is 0 Å². The summed E-state index contributed by atoms with van der Waals surface area (Å²) in [6.45, 7) is 0. The fraction of sp³-hybridized carbons (Fsp3) is 0.419. The second kappa shape index (κ2) is 9.28. The molecule has 0 amide bonds. The number of pyridine rings is 1. The number of halogens is 3. The third kappa shape index (κ3) is 4.53. The van der Waals surface area contributed by atoms with Gasteiger partial charge in [-0.1, -0.05) is 12.1 Å². The number of anilines is 4. The zero-order valence-electron chi connectivity index (χ0n) is 22.1. The van der Waals surface area contributed by atoms with Crippen LogP contribution in [-0.2, 0) is 11.6 Å². The first-order chi connectivity index (χ1) is 18.5. The van der Waals surface area contributed by atoms with Gasteiger partial charge >= 0.3 is 12.1 Å². The minimum absolute atomic E-state index is 0.0293. The summed E-state index contributed by atoms with van der Waals surface area (Å²) in [7, 11) is 3.16. The molecule has 0 unspecified atom stereocenters. The van der Waals surface area contributed by atoms with Gasteiger partial charge in [0.2, 0.25) is 0 Å². The Kier molecular flexibility index (Phi) is 6.12. The fourth-order valence-electron chi connectivity index (χ4n) is 7.85. The van der Waals surface area contributed by atoms with Gasteiger partial charge in [-0.3, -0.25) is 0 Å². The van der Waals surface area contributed by atoms with Crippen LogP contribution in [0.3, 0.4) is 0 Å². The van der Waals surface area contributed by atoms with Crippen molar-refractivity contribution in [3.05, 3.63) is 77.5 Å². The second-order valence-electron chi connectivity index (χ2n) is 11.7. The minimum Gasteiger partial charge on any atom is -0.478 e. The van der Waals surface area contributed by atoms with Crippen molar-refractivity contribution in [3.8, 4) is 0 Å². The van der Waals surface area contributed by atoms with Crippen LogP contribution in [0.4, 0.5) is 36.1 Å². The van der Waals surface area contributed by atoms with Crippen LogP contribution in [-0.4, -0.2) is 30.2 Å². The lowest BCUT2D eigenvalue weighted by molar-refractivity contribution is -0.137. The van der Waals surface area contributed by atoms with Crippen LogP contribution in [0, 0.1) is 17.8 Å². The molecule has 0 aliphatic heterocycles. The molecule has 0 saturated heterocycles. The molecular weight excluding hydrogens is 503 g/mol. The van der Waals surface area contributed by atoms with Gasteiger partial charge in [0.25, 0.3) is 0 Å². The lowest BCUT2D eigenvalue weighted by Crippen LogP contribution is -2.48. The number of carboxylic acid groups (broad SMARTS) is 1. The molecular formula is C31H32F3N3O2. The van der Waals surface area contributed by atoms with Crippen molar-refractivity contribution in [3.63, 3.8) is 0 Å². The van der Waals surface area contributed by atoms with Crippen molar-refractivity contribution in [1.82, 2.24) is 4.98 Å². The Hall–Kier alpha value is -3.55. The summed E-state index contributed by atoms with van der Waals surface area (Å²) in [5.41, 5.74) is 1.58. The lowest BCUT2D eigenvalue weighted by Gasteiger charge is -2.57. The van der Waals surface area contributed by atoms with E-state index in [-0.39, 0.29) is 28.2 Å². The topological polar surface area (TPSA) is 56.7 Å².